The summed E-state index contributed by atoms with van der Waals surface area (Å²) in [7, 11) is 0. The molecule has 22 heavy (non-hydrogen) atoms. The predicted molar refractivity (Wildman–Crippen MR) is 68.5 cm³/mol. The molecule has 2 aromatic heterocycles. The van der Waals surface area contributed by atoms with Crippen molar-refractivity contribution in [2.24, 2.45) is 5.73 Å². The molecule has 3 N–H and O–H groups in total. The van der Waals surface area contributed by atoms with Gasteiger partial charge in [-0.05, 0) is 12.1 Å². The monoisotopic (exact) mass is 308 g/mol. The minimum Gasteiger partial charge on any atom is -0.507 e. The summed E-state index contributed by atoms with van der Waals surface area (Å²) in [6.45, 7) is 0. The van der Waals surface area contributed by atoms with Crippen LogP contribution in [0.5, 0.6) is 5.75 Å². The number of primary amides is 1. The van der Waals surface area contributed by atoms with Gasteiger partial charge in [-0.25, -0.2) is 22.7 Å². The van der Waals surface area contributed by atoms with Crippen LogP contribution in [0.2, 0.25) is 0 Å². The van der Waals surface area contributed by atoms with Gasteiger partial charge in [0.25, 0.3) is 5.91 Å². The minimum absolute atomic E-state index is 0.00722. The van der Waals surface area contributed by atoms with E-state index >= 15 is 0 Å². The molecule has 1 aromatic carbocycles. The minimum atomic E-state index is -1.61. The van der Waals surface area contributed by atoms with E-state index in [1.807, 2.05) is 0 Å². The van der Waals surface area contributed by atoms with Gasteiger partial charge in [0.1, 0.15) is 17.6 Å². The number of fused-ring (bicyclic) bond motifs is 1. The summed E-state index contributed by atoms with van der Waals surface area (Å²) < 4.78 is 40.8. The van der Waals surface area contributed by atoms with Crippen molar-refractivity contribution >= 4 is 11.6 Å². The molecule has 0 saturated heterocycles. The van der Waals surface area contributed by atoms with E-state index in [2.05, 4.69) is 10.1 Å². The Morgan fingerprint density at radius 3 is 2.41 bits per heavy atom. The fourth-order valence-corrected chi connectivity index (χ4v) is 2.11. The summed E-state index contributed by atoms with van der Waals surface area (Å²) in [6, 6.07) is 2.50. The van der Waals surface area contributed by atoms with E-state index in [1.54, 1.807) is 0 Å². The van der Waals surface area contributed by atoms with Gasteiger partial charge in [0.2, 0.25) is 0 Å². The van der Waals surface area contributed by atoms with Crippen LogP contribution in [-0.4, -0.2) is 25.6 Å². The van der Waals surface area contributed by atoms with Gasteiger partial charge in [0.05, 0.1) is 5.69 Å². The number of hydrogen-bond acceptors (Lipinski definition) is 4. The normalized spacial score (nSPS) is 11.0. The van der Waals surface area contributed by atoms with Gasteiger partial charge < -0.3 is 10.8 Å². The first-order valence-electron chi connectivity index (χ1n) is 5.90. The number of hydrogen-bond donors (Lipinski definition) is 2. The van der Waals surface area contributed by atoms with Crippen LogP contribution in [0.25, 0.3) is 16.9 Å². The molecule has 0 atom stereocenters. The maximum atomic E-state index is 13.4. The number of pyridine rings is 1. The van der Waals surface area contributed by atoms with Gasteiger partial charge in [-0.2, -0.15) is 5.10 Å². The largest absolute Gasteiger partial charge is 0.507 e. The molecule has 0 saturated carbocycles. The van der Waals surface area contributed by atoms with E-state index in [-0.39, 0.29) is 22.5 Å². The summed E-state index contributed by atoms with van der Waals surface area (Å²) in [4.78, 5) is 15.1. The molecule has 0 fully saturated rings. The highest BCUT2D eigenvalue weighted by molar-refractivity contribution is 6.02. The molecular weight excluding hydrogens is 301 g/mol. The van der Waals surface area contributed by atoms with Gasteiger partial charge in [-0.1, -0.05) is 0 Å². The van der Waals surface area contributed by atoms with Crippen LogP contribution in [0.4, 0.5) is 13.2 Å². The first kappa shape index (κ1) is 13.9. The number of halogens is 3. The smallest absolute Gasteiger partial charge is 0.256 e. The summed E-state index contributed by atoms with van der Waals surface area (Å²) in [5.74, 6) is -5.90. The third kappa shape index (κ3) is 1.94. The van der Waals surface area contributed by atoms with Crippen molar-refractivity contribution in [1.29, 1.82) is 0 Å². The maximum absolute atomic E-state index is 13.4. The summed E-state index contributed by atoms with van der Waals surface area (Å²) in [5, 5.41) is 13.7. The topological polar surface area (TPSA) is 93.5 Å². The SMILES string of the molecule is NC(=O)c1c(O)cc(-c2cc(F)c(F)c(F)c2)n2ncnc12. The van der Waals surface area contributed by atoms with Crippen molar-refractivity contribution in [2.75, 3.05) is 0 Å². The zero-order chi connectivity index (χ0) is 16.0. The number of nitrogens with zero attached hydrogens (tertiary/aromatic N) is 3. The number of carbonyl (C=O) groups is 1. The Hall–Kier alpha value is -3.10. The molecule has 9 heteroatoms. The van der Waals surface area contributed by atoms with Crippen LogP contribution < -0.4 is 5.73 Å². The molecule has 0 radical (unpaired) electrons. The molecule has 2 heterocycles. The Kier molecular flexibility index (Phi) is 2.98. The summed E-state index contributed by atoms with van der Waals surface area (Å²) in [6.07, 6.45) is 1.07. The molecule has 0 unspecified atom stereocenters. The zero-order valence-electron chi connectivity index (χ0n) is 10.7. The van der Waals surface area contributed by atoms with Crippen molar-refractivity contribution in [3.8, 4) is 17.0 Å². The van der Waals surface area contributed by atoms with Crippen LogP contribution in [-0.2, 0) is 0 Å². The number of aromatic nitrogens is 3. The fourth-order valence-electron chi connectivity index (χ4n) is 2.11. The van der Waals surface area contributed by atoms with E-state index in [4.69, 9.17) is 5.73 Å². The Labute approximate surface area is 120 Å². The molecule has 112 valence electrons. The number of carbonyl (C=O) groups excluding carboxylic acids is 1. The van der Waals surface area contributed by atoms with Crippen molar-refractivity contribution in [3.05, 3.63) is 47.5 Å². The molecule has 0 aliphatic rings. The van der Waals surface area contributed by atoms with Crippen LogP contribution in [0.3, 0.4) is 0 Å². The average molecular weight is 308 g/mol. The average Bonchev–Trinajstić information content (AvgIpc) is 2.91. The molecule has 3 rings (SSSR count). The van der Waals surface area contributed by atoms with Crippen molar-refractivity contribution in [2.45, 2.75) is 0 Å². The highest BCUT2D eigenvalue weighted by Crippen LogP contribution is 2.30. The van der Waals surface area contributed by atoms with Gasteiger partial charge in [0.15, 0.2) is 23.1 Å². The number of benzene rings is 1. The zero-order valence-corrected chi connectivity index (χ0v) is 10.7. The first-order chi connectivity index (χ1) is 10.4. The molecule has 3 aromatic rings. The van der Waals surface area contributed by atoms with Gasteiger partial charge in [0, 0.05) is 11.6 Å². The number of aromatic hydroxyl groups is 1. The van der Waals surface area contributed by atoms with Gasteiger partial charge in [-0.3, -0.25) is 4.79 Å². The quantitative estimate of drug-likeness (QED) is 0.703. The first-order valence-corrected chi connectivity index (χ1v) is 5.90. The second-order valence-electron chi connectivity index (χ2n) is 4.40. The number of rotatable bonds is 2. The third-order valence-corrected chi connectivity index (χ3v) is 3.06. The number of amides is 1. The lowest BCUT2D eigenvalue weighted by atomic mass is 10.1. The van der Waals surface area contributed by atoms with Crippen LogP contribution in [0.15, 0.2) is 24.5 Å². The van der Waals surface area contributed by atoms with Crippen molar-refractivity contribution in [1.82, 2.24) is 14.6 Å². The van der Waals surface area contributed by atoms with Gasteiger partial charge >= 0.3 is 0 Å². The highest BCUT2D eigenvalue weighted by atomic mass is 19.2. The van der Waals surface area contributed by atoms with Crippen LogP contribution in [0.1, 0.15) is 10.4 Å². The molecular formula is C13H7F3N4O2. The Balaban J connectivity index is 2.36. The lowest BCUT2D eigenvalue weighted by Gasteiger charge is -2.09. The van der Waals surface area contributed by atoms with Crippen LogP contribution in [0, 0.1) is 17.5 Å². The molecule has 1 amide bonds. The van der Waals surface area contributed by atoms with Crippen molar-refractivity contribution in [3.63, 3.8) is 0 Å². The van der Waals surface area contributed by atoms with E-state index < -0.39 is 29.1 Å². The van der Waals surface area contributed by atoms with E-state index in [0.717, 1.165) is 29.0 Å². The maximum Gasteiger partial charge on any atom is 0.256 e. The Bertz CT molecular complexity index is 900. The molecule has 0 aliphatic carbocycles. The second-order valence-corrected chi connectivity index (χ2v) is 4.40. The standard InChI is InChI=1S/C13H7F3N4O2/c14-6-1-5(2-7(15)11(6)16)8-3-9(21)10(12(17)22)13-18-4-19-20(8)13/h1-4,21H,(H2,17,22). The fraction of sp³-hybridized carbons (Fsp3) is 0. The van der Waals surface area contributed by atoms with E-state index in [1.165, 1.54) is 0 Å². The second kappa shape index (κ2) is 4.72. The van der Waals surface area contributed by atoms with E-state index in [9.17, 15) is 23.1 Å². The third-order valence-electron chi connectivity index (χ3n) is 3.06. The molecule has 0 bridgehead atoms. The Morgan fingerprint density at radius 1 is 1.18 bits per heavy atom. The summed E-state index contributed by atoms with van der Waals surface area (Å²) >= 11 is 0. The summed E-state index contributed by atoms with van der Waals surface area (Å²) in [5.41, 5.74) is 4.68. The molecule has 6 nitrogen and oxygen atoms in total. The van der Waals surface area contributed by atoms with Crippen LogP contribution >= 0.6 is 0 Å². The van der Waals surface area contributed by atoms with E-state index in [0.29, 0.717) is 0 Å². The lowest BCUT2D eigenvalue weighted by Crippen LogP contribution is -2.14. The highest BCUT2D eigenvalue weighted by Gasteiger charge is 2.20. The number of nitrogens with two attached hydrogens (primary N) is 1. The van der Waals surface area contributed by atoms with Crippen molar-refractivity contribution < 1.29 is 23.1 Å². The molecule has 0 spiro atoms. The Morgan fingerprint density at radius 2 is 1.82 bits per heavy atom. The lowest BCUT2D eigenvalue weighted by molar-refractivity contribution is 0.0999. The predicted octanol–water partition coefficient (Wildman–Crippen LogP) is 1.62. The molecule has 0 aliphatic heterocycles. The van der Waals surface area contributed by atoms with Gasteiger partial charge in [-0.15, -0.1) is 0 Å².